The largest absolute Gasteiger partial charge is 0.355 e. The summed E-state index contributed by atoms with van der Waals surface area (Å²) in [7, 11) is 0. The Morgan fingerprint density at radius 3 is 1.24 bits per heavy atom. The van der Waals surface area contributed by atoms with E-state index >= 15 is 0 Å². The first-order chi connectivity index (χ1) is 31.6. The summed E-state index contributed by atoms with van der Waals surface area (Å²) >= 11 is 3.26. The van der Waals surface area contributed by atoms with Gasteiger partial charge in [-0.05, 0) is 149 Å². The van der Waals surface area contributed by atoms with Gasteiger partial charge in [0.05, 0.1) is 22.8 Å². The maximum absolute atomic E-state index is 7.00. The molecule has 0 spiro atoms. The molecule has 16 heteroatoms. The van der Waals surface area contributed by atoms with Crippen molar-refractivity contribution in [2.24, 2.45) is 0 Å². The summed E-state index contributed by atoms with van der Waals surface area (Å²) in [6, 6.07) is 12.6. The van der Waals surface area contributed by atoms with E-state index in [9.17, 15) is 0 Å². The van der Waals surface area contributed by atoms with Crippen LogP contribution in [0.25, 0.3) is 68.6 Å². The highest BCUT2D eigenvalue weighted by Crippen LogP contribution is 2.52. The minimum absolute atomic E-state index is 0.473. The van der Waals surface area contributed by atoms with Crippen LogP contribution in [-0.2, 0) is 47.4 Å². The zero-order valence-electron chi connectivity index (χ0n) is 37.6. The molecule has 8 bridgehead atoms. The number of rotatable bonds is 4. The van der Waals surface area contributed by atoms with E-state index in [1.165, 1.54) is 0 Å². The molecule has 0 aliphatic carbocycles. The molecule has 342 valence electrons. The number of thiophene rings is 2. The topological polar surface area (TPSA) is 150 Å². The fourth-order valence-electron chi connectivity index (χ4n) is 11.0. The molecule has 14 nitrogen and oxygen atoms in total. The normalized spacial score (nSPS) is 32.9. The highest BCUT2D eigenvalue weighted by atomic mass is 32.1. The van der Waals surface area contributed by atoms with Crippen LogP contribution in [0.2, 0.25) is 0 Å². The van der Waals surface area contributed by atoms with Crippen LogP contribution >= 0.6 is 22.7 Å². The molecule has 0 saturated carbocycles. The van der Waals surface area contributed by atoms with E-state index in [1.807, 2.05) is 55.4 Å². The lowest BCUT2D eigenvalue weighted by Crippen LogP contribution is -2.51. The summed E-state index contributed by atoms with van der Waals surface area (Å²) in [4.78, 5) is 18.6. The summed E-state index contributed by atoms with van der Waals surface area (Å²) in [5, 5.41) is 8.44. The third-order valence-electron chi connectivity index (χ3n) is 13.3. The van der Waals surface area contributed by atoms with Gasteiger partial charge in [-0.2, -0.15) is 22.7 Å². The zero-order valence-corrected chi connectivity index (χ0v) is 39.3. The Labute approximate surface area is 388 Å². The summed E-state index contributed by atoms with van der Waals surface area (Å²) in [6.07, 6.45) is 2.43. The lowest BCUT2D eigenvalue weighted by Gasteiger charge is -2.37. The van der Waals surface area contributed by atoms with Gasteiger partial charge in [-0.1, -0.05) is 0 Å². The number of nitrogens with zero attached hydrogens (tertiary/aromatic N) is 2. The Kier molecular flexibility index (Phi) is 9.21. The van der Waals surface area contributed by atoms with Crippen molar-refractivity contribution in [2.45, 2.75) is 140 Å². The van der Waals surface area contributed by atoms with Crippen molar-refractivity contribution in [2.75, 3.05) is 0 Å². The van der Waals surface area contributed by atoms with Gasteiger partial charge in [0.25, 0.3) is 0 Å². The first kappa shape index (κ1) is 41.8. The van der Waals surface area contributed by atoms with Crippen molar-refractivity contribution in [3.05, 3.63) is 91.8 Å². The second-order valence-corrected chi connectivity index (χ2v) is 21.3. The lowest BCUT2D eigenvalue weighted by atomic mass is 9.93. The molecule has 66 heavy (non-hydrogen) atoms. The Bertz CT molecular complexity index is 2840. The summed E-state index contributed by atoms with van der Waals surface area (Å²) in [5.41, 5.74) is 11.8. The van der Waals surface area contributed by atoms with Crippen molar-refractivity contribution in [3.63, 3.8) is 0 Å². The molecule has 2 N–H and O–H groups in total. The van der Waals surface area contributed by atoms with Gasteiger partial charge in [0.2, 0.25) is 0 Å². The molecule has 0 unspecified atom stereocenters. The molecule has 8 aliphatic rings. The van der Waals surface area contributed by atoms with Crippen LogP contribution in [0.5, 0.6) is 0 Å². The monoisotopic (exact) mass is 930 g/mol. The first-order valence-electron chi connectivity index (χ1n) is 22.5. The minimum atomic E-state index is -0.901. The Balaban J connectivity index is 1.09. The Morgan fingerprint density at radius 2 is 0.803 bits per heavy atom. The number of ether oxygens (including phenoxy) is 10. The third-order valence-corrected chi connectivity index (χ3v) is 14.7. The molecular formula is C50H50N4O10S2. The molecule has 0 amide bonds. The average molecular weight is 931 g/mol. The zero-order chi connectivity index (χ0) is 45.1. The number of aromatic nitrogens is 4. The SMILES string of the molecule is CC1(C)O[C@H]2[C@@H](O1)[C@@H](c1c3nc(c(-c4ccsc4)c4nc(c([C@H]5O[C@@H]6OC(C)(C)O[C@@H]6[C@H]6OC(C)(C)O[C@H]65)c5ccc([nH]5)c(-c5ccsc5)c5ccc1[nH]5)C=C4)C=C3)O[C@@H]1OC(C)(C)O[C@@H]12. The van der Waals surface area contributed by atoms with Crippen molar-refractivity contribution < 1.29 is 47.4 Å². The van der Waals surface area contributed by atoms with E-state index in [0.717, 1.165) is 66.8 Å². The predicted molar refractivity (Wildman–Crippen MR) is 248 cm³/mol. The van der Waals surface area contributed by atoms with Crippen LogP contribution in [0.1, 0.15) is 102 Å². The van der Waals surface area contributed by atoms with Gasteiger partial charge in [0.15, 0.2) is 35.7 Å². The van der Waals surface area contributed by atoms with E-state index in [4.69, 9.17) is 57.3 Å². The van der Waals surface area contributed by atoms with Crippen LogP contribution in [0, 0.1) is 0 Å². The molecule has 13 rings (SSSR count). The van der Waals surface area contributed by atoms with Crippen molar-refractivity contribution >= 4 is 69.0 Å². The van der Waals surface area contributed by atoms with Crippen molar-refractivity contribution in [1.29, 1.82) is 0 Å². The van der Waals surface area contributed by atoms with E-state index in [-0.39, 0.29) is 0 Å². The van der Waals surface area contributed by atoms with E-state index < -0.39 is 84.6 Å². The van der Waals surface area contributed by atoms with Gasteiger partial charge in [-0.15, -0.1) is 0 Å². The molecule has 5 aromatic rings. The van der Waals surface area contributed by atoms with Crippen LogP contribution in [-0.4, -0.2) is 92.3 Å². The van der Waals surface area contributed by atoms with Gasteiger partial charge in [-0.25, -0.2) is 9.97 Å². The molecule has 0 aromatic carbocycles. The predicted octanol–water partition coefficient (Wildman–Crippen LogP) is 10.3. The maximum Gasteiger partial charge on any atom is 0.190 e. The van der Waals surface area contributed by atoms with Crippen molar-refractivity contribution in [3.8, 4) is 22.3 Å². The lowest BCUT2D eigenvalue weighted by molar-refractivity contribution is -0.236. The second-order valence-electron chi connectivity index (χ2n) is 19.8. The average Bonchev–Trinajstić information content (AvgIpc) is 4.09. The molecule has 10 atom stereocenters. The smallest absolute Gasteiger partial charge is 0.190 e. The summed E-state index contributed by atoms with van der Waals surface area (Å²) in [5.74, 6) is -3.57. The van der Waals surface area contributed by atoms with Gasteiger partial charge >= 0.3 is 0 Å². The van der Waals surface area contributed by atoms with Gasteiger partial charge in [0, 0.05) is 44.3 Å². The molecule has 6 saturated heterocycles. The standard InChI is InChI=1S/C50H50N4O10S2/c1-47(2)57-39-37(55-45-43(41(39)59-47)61-49(5,6)63-45)35-29-13-9-25(51-29)33(23-17-19-65-21-23)27-11-15-31(53-27)36(38-40-42(60-48(3,4)58-40)44-46(56-38)64-50(7,8)62-44)32-16-12-28(54-32)34(24-18-20-66-22-24)26-10-14-30(35)52-26/h9-22,37-46,51,53H,1-8H3/t37-,38-,39+,40+,41+,42+,43-,44-,45-,46-/m1/s1. The van der Waals surface area contributed by atoms with Crippen LogP contribution in [0.4, 0.5) is 0 Å². The molecular weight excluding hydrogens is 881 g/mol. The van der Waals surface area contributed by atoms with Crippen molar-refractivity contribution in [1.82, 2.24) is 19.9 Å². The van der Waals surface area contributed by atoms with Crippen LogP contribution < -0.4 is 0 Å². The number of aromatic amines is 2. The number of hydrogen-bond donors (Lipinski definition) is 2. The summed E-state index contributed by atoms with van der Waals surface area (Å²) < 4.78 is 66.4. The third kappa shape index (κ3) is 6.79. The molecule has 6 fully saturated rings. The van der Waals surface area contributed by atoms with Gasteiger partial charge < -0.3 is 57.3 Å². The van der Waals surface area contributed by atoms with E-state index in [1.54, 1.807) is 22.7 Å². The van der Waals surface area contributed by atoms with Gasteiger partial charge in [-0.3, -0.25) is 0 Å². The second kappa shape index (κ2) is 14.6. The maximum atomic E-state index is 7.00. The Hall–Kier alpha value is -4.40. The van der Waals surface area contributed by atoms with E-state index in [0.29, 0.717) is 11.4 Å². The van der Waals surface area contributed by atoms with E-state index in [2.05, 4.69) is 92.2 Å². The fraction of sp³-hybridized carbons (Fsp3) is 0.440. The highest BCUT2D eigenvalue weighted by Gasteiger charge is 2.63. The van der Waals surface area contributed by atoms with Crippen LogP contribution in [0.15, 0.2) is 57.9 Å². The number of hydrogen-bond acceptors (Lipinski definition) is 14. The van der Waals surface area contributed by atoms with Gasteiger partial charge in [0.1, 0.15) is 48.8 Å². The number of nitrogens with one attached hydrogen (secondary N) is 2. The quantitative estimate of drug-likeness (QED) is 0.173. The molecule has 0 radical (unpaired) electrons. The summed E-state index contributed by atoms with van der Waals surface area (Å²) in [6.45, 7) is 15.3. The molecule has 8 aliphatic heterocycles. The number of H-pyrrole nitrogens is 2. The first-order valence-corrected chi connectivity index (χ1v) is 24.4. The minimum Gasteiger partial charge on any atom is -0.355 e. The number of fused-ring (bicyclic) bond motifs is 14. The highest BCUT2D eigenvalue weighted by molar-refractivity contribution is 7.08. The Morgan fingerprint density at radius 1 is 0.424 bits per heavy atom. The van der Waals surface area contributed by atoms with Crippen LogP contribution in [0.3, 0.4) is 0 Å². The molecule has 13 heterocycles. The molecule has 5 aromatic heterocycles. The fourth-order valence-corrected chi connectivity index (χ4v) is 12.3.